The first-order valence-corrected chi connectivity index (χ1v) is 5.78. The first-order chi connectivity index (χ1) is 8.60. The molecule has 94 valence electrons. The fourth-order valence-electron chi connectivity index (χ4n) is 1.69. The third-order valence-corrected chi connectivity index (χ3v) is 2.76. The topological polar surface area (TPSA) is 72.9 Å². The van der Waals surface area contributed by atoms with Crippen LogP contribution in [0.4, 0.5) is 0 Å². The Morgan fingerprint density at radius 2 is 2.11 bits per heavy atom. The summed E-state index contributed by atoms with van der Waals surface area (Å²) in [5, 5.41) is 4.94. The molecule has 0 aliphatic heterocycles. The van der Waals surface area contributed by atoms with Crippen LogP contribution in [0.15, 0.2) is 30.3 Å². The molecule has 1 aromatic carbocycles. The molecule has 1 heterocycles. The second kappa shape index (κ2) is 5.20. The third-order valence-electron chi connectivity index (χ3n) is 2.51. The highest BCUT2D eigenvalue weighted by Crippen LogP contribution is 2.12. The Labute approximate surface area is 110 Å². The summed E-state index contributed by atoms with van der Waals surface area (Å²) in [6.07, 6.45) is 0. The van der Waals surface area contributed by atoms with E-state index < -0.39 is 0 Å². The van der Waals surface area contributed by atoms with Crippen molar-refractivity contribution in [1.82, 2.24) is 15.2 Å². The number of nitrogens with two attached hydrogens (primary N) is 1. The third kappa shape index (κ3) is 2.69. The van der Waals surface area contributed by atoms with E-state index in [4.69, 9.17) is 17.4 Å². The fourth-order valence-corrected chi connectivity index (χ4v) is 1.81. The molecule has 0 aliphatic carbocycles. The van der Waals surface area contributed by atoms with Crippen LogP contribution < -0.4 is 11.3 Å². The Morgan fingerprint density at radius 3 is 2.72 bits per heavy atom. The number of halogens is 1. The van der Waals surface area contributed by atoms with Gasteiger partial charge in [0.2, 0.25) is 0 Å². The number of carbonyl (C=O) groups is 1. The van der Waals surface area contributed by atoms with Crippen molar-refractivity contribution in [2.75, 3.05) is 0 Å². The Hall–Kier alpha value is -1.85. The largest absolute Gasteiger partial charge is 0.289 e. The molecule has 0 radical (unpaired) electrons. The van der Waals surface area contributed by atoms with Crippen molar-refractivity contribution < 1.29 is 4.79 Å². The lowest BCUT2D eigenvalue weighted by atomic mass is 10.2. The smallest absolute Gasteiger partial charge is 0.283 e. The maximum absolute atomic E-state index is 11.6. The van der Waals surface area contributed by atoms with E-state index in [1.807, 2.05) is 19.1 Å². The normalized spacial score (nSPS) is 10.4. The molecule has 0 saturated carbocycles. The Balaban J connectivity index is 2.28. The highest BCUT2D eigenvalue weighted by Gasteiger charge is 2.12. The van der Waals surface area contributed by atoms with E-state index in [0.29, 0.717) is 17.3 Å². The van der Waals surface area contributed by atoms with Crippen molar-refractivity contribution in [3.63, 3.8) is 0 Å². The quantitative estimate of drug-likeness (QED) is 0.501. The van der Waals surface area contributed by atoms with Gasteiger partial charge in [0.05, 0.1) is 12.2 Å². The van der Waals surface area contributed by atoms with E-state index in [9.17, 15) is 4.79 Å². The lowest BCUT2D eigenvalue weighted by Crippen LogP contribution is -2.32. The standard InChI is InChI=1S/C12H13ClN4O/c1-8-6-11(12(18)15-14)17(16-8)7-9-2-4-10(13)5-3-9/h2-6H,7,14H2,1H3,(H,15,18). The number of aryl methyl sites for hydroxylation is 1. The predicted octanol–water partition coefficient (Wildman–Crippen LogP) is 1.50. The number of nitrogens with zero attached hydrogens (tertiary/aromatic N) is 2. The van der Waals surface area contributed by atoms with Crippen LogP contribution in [0, 0.1) is 6.92 Å². The molecular weight excluding hydrogens is 252 g/mol. The Kier molecular flexibility index (Phi) is 3.64. The molecular formula is C12H13ClN4O. The summed E-state index contributed by atoms with van der Waals surface area (Å²) in [5.41, 5.74) is 4.32. The number of aromatic nitrogens is 2. The zero-order chi connectivity index (χ0) is 13.1. The first-order valence-electron chi connectivity index (χ1n) is 5.40. The van der Waals surface area contributed by atoms with Gasteiger partial charge in [0.1, 0.15) is 5.69 Å². The molecule has 2 rings (SSSR count). The summed E-state index contributed by atoms with van der Waals surface area (Å²) < 4.78 is 1.61. The fraction of sp³-hybridized carbons (Fsp3) is 0.167. The lowest BCUT2D eigenvalue weighted by molar-refractivity contribution is 0.0943. The highest BCUT2D eigenvalue weighted by molar-refractivity contribution is 6.30. The lowest BCUT2D eigenvalue weighted by Gasteiger charge is -2.06. The van der Waals surface area contributed by atoms with Gasteiger partial charge in [-0.25, -0.2) is 5.84 Å². The van der Waals surface area contributed by atoms with Gasteiger partial charge in [0.25, 0.3) is 5.91 Å². The molecule has 2 aromatic rings. The molecule has 6 heteroatoms. The maximum atomic E-state index is 11.6. The Morgan fingerprint density at radius 1 is 1.44 bits per heavy atom. The zero-order valence-corrected chi connectivity index (χ0v) is 10.6. The number of rotatable bonds is 3. The van der Waals surface area contributed by atoms with E-state index in [1.54, 1.807) is 22.9 Å². The predicted molar refractivity (Wildman–Crippen MR) is 69.2 cm³/mol. The van der Waals surface area contributed by atoms with Crippen molar-refractivity contribution >= 4 is 17.5 Å². The van der Waals surface area contributed by atoms with Gasteiger partial charge in [0.15, 0.2) is 0 Å². The number of hydrogen-bond donors (Lipinski definition) is 2. The van der Waals surface area contributed by atoms with Crippen molar-refractivity contribution in [3.8, 4) is 0 Å². The van der Waals surface area contributed by atoms with Crippen LogP contribution in [0.1, 0.15) is 21.7 Å². The number of amides is 1. The molecule has 3 N–H and O–H groups in total. The summed E-state index contributed by atoms with van der Waals surface area (Å²) in [5.74, 6) is 4.78. The number of benzene rings is 1. The maximum Gasteiger partial charge on any atom is 0.283 e. The Bertz CT molecular complexity index is 562. The van der Waals surface area contributed by atoms with E-state index >= 15 is 0 Å². The van der Waals surface area contributed by atoms with Crippen LogP contribution in [0.5, 0.6) is 0 Å². The first kappa shape index (κ1) is 12.6. The summed E-state index contributed by atoms with van der Waals surface area (Å²) in [4.78, 5) is 11.6. The second-order valence-corrected chi connectivity index (χ2v) is 4.36. The van der Waals surface area contributed by atoms with Gasteiger partial charge in [-0.2, -0.15) is 5.10 Å². The van der Waals surface area contributed by atoms with Gasteiger partial charge >= 0.3 is 0 Å². The van der Waals surface area contributed by atoms with Gasteiger partial charge in [-0.05, 0) is 30.7 Å². The SMILES string of the molecule is Cc1cc(C(=O)NN)n(Cc2ccc(Cl)cc2)n1. The minimum Gasteiger partial charge on any atom is -0.289 e. The zero-order valence-electron chi connectivity index (χ0n) is 9.85. The van der Waals surface area contributed by atoms with E-state index in [-0.39, 0.29) is 5.91 Å². The van der Waals surface area contributed by atoms with Crippen LogP contribution in [-0.4, -0.2) is 15.7 Å². The molecule has 0 fully saturated rings. The van der Waals surface area contributed by atoms with E-state index in [1.165, 1.54) is 0 Å². The van der Waals surface area contributed by atoms with Crippen LogP contribution in [-0.2, 0) is 6.54 Å². The molecule has 5 nitrogen and oxygen atoms in total. The van der Waals surface area contributed by atoms with Gasteiger partial charge in [-0.1, -0.05) is 23.7 Å². The molecule has 0 bridgehead atoms. The monoisotopic (exact) mass is 264 g/mol. The minimum atomic E-state index is -0.357. The van der Waals surface area contributed by atoms with Crippen LogP contribution in [0.3, 0.4) is 0 Å². The van der Waals surface area contributed by atoms with Gasteiger partial charge < -0.3 is 0 Å². The average Bonchev–Trinajstić information content (AvgIpc) is 2.72. The highest BCUT2D eigenvalue weighted by atomic mass is 35.5. The molecule has 0 aliphatic rings. The number of nitrogens with one attached hydrogen (secondary N) is 1. The summed E-state index contributed by atoms with van der Waals surface area (Å²) >= 11 is 5.82. The van der Waals surface area contributed by atoms with Gasteiger partial charge in [-0.3, -0.25) is 14.9 Å². The van der Waals surface area contributed by atoms with Gasteiger partial charge in [-0.15, -0.1) is 0 Å². The molecule has 0 spiro atoms. The molecule has 0 saturated heterocycles. The summed E-state index contributed by atoms with van der Waals surface area (Å²) in [7, 11) is 0. The number of nitrogen functional groups attached to an aromatic ring is 1. The van der Waals surface area contributed by atoms with Crippen molar-refractivity contribution in [2.24, 2.45) is 5.84 Å². The molecule has 1 amide bonds. The van der Waals surface area contributed by atoms with E-state index in [2.05, 4.69) is 10.5 Å². The minimum absolute atomic E-state index is 0.357. The van der Waals surface area contributed by atoms with E-state index in [0.717, 1.165) is 11.3 Å². The number of hydrogen-bond acceptors (Lipinski definition) is 3. The van der Waals surface area contributed by atoms with Crippen LogP contribution >= 0.6 is 11.6 Å². The van der Waals surface area contributed by atoms with Crippen molar-refractivity contribution in [2.45, 2.75) is 13.5 Å². The van der Waals surface area contributed by atoms with Crippen LogP contribution in [0.25, 0.3) is 0 Å². The second-order valence-electron chi connectivity index (χ2n) is 3.93. The molecule has 0 unspecified atom stereocenters. The molecule has 0 atom stereocenters. The van der Waals surface area contributed by atoms with Crippen molar-refractivity contribution in [3.05, 3.63) is 52.3 Å². The van der Waals surface area contributed by atoms with Crippen LogP contribution in [0.2, 0.25) is 5.02 Å². The number of hydrazine groups is 1. The molecule has 18 heavy (non-hydrogen) atoms. The van der Waals surface area contributed by atoms with Crippen molar-refractivity contribution in [1.29, 1.82) is 0 Å². The summed E-state index contributed by atoms with van der Waals surface area (Å²) in [6, 6.07) is 9.08. The molecule has 1 aromatic heterocycles. The summed E-state index contributed by atoms with van der Waals surface area (Å²) in [6.45, 7) is 2.32. The average molecular weight is 265 g/mol. The van der Waals surface area contributed by atoms with Gasteiger partial charge in [0, 0.05) is 5.02 Å². The number of carbonyl (C=O) groups excluding carboxylic acids is 1.